The molecule has 0 spiro atoms. The van der Waals surface area contributed by atoms with E-state index in [1.165, 1.54) is 13.2 Å². The van der Waals surface area contributed by atoms with Gasteiger partial charge in [0.05, 0.1) is 19.2 Å². The van der Waals surface area contributed by atoms with Crippen LogP contribution < -0.4 is 10.1 Å². The lowest BCUT2D eigenvalue weighted by atomic mass is 10.1. The molecular formula is C21H23FN2O3. The van der Waals surface area contributed by atoms with Crippen LogP contribution in [0.15, 0.2) is 52.9 Å². The second-order valence-corrected chi connectivity index (χ2v) is 6.54. The zero-order valence-corrected chi connectivity index (χ0v) is 15.8. The fraction of sp³-hybridized carbons (Fsp3) is 0.286. The molecule has 5 nitrogen and oxygen atoms in total. The van der Waals surface area contributed by atoms with Crippen molar-refractivity contribution >= 4 is 17.0 Å². The third-order valence-electron chi connectivity index (χ3n) is 4.77. The molecule has 0 saturated carbocycles. The highest BCUT2D eigenvalue weighted by atomic mass is 19.1. The van der Waals surface area contributed by atoms with Crippen LogP contribution in [0.25, 0.3) is 11.0 Å². The molecule has 1 heterocycles. The van der Waals surface area contributed by atoms with E-state index in [4.69, 9.17) is 9.15 Å². The lowest BCUT2D eigenvalue weighted by Gasteiger charge is -2.26. The molecule has 2 unspecified atom stereocenters. The molecule has 27 heavy (non-hydrogen) atoms. The largest absolute Gasteiger partial charge is 0.494 e. The standard InChI is InChI=1S/C21H23FN2O3/c1-13(15-9-10-19(26-4)17(22)11-15)23-21(25)24(3)14(2)20-12-16-7-5-6-8-18(16)27-20/h5-14H,1-4H3,(H,23,25). The van der Waals surface area contributed by atoms with Crippen LogP contribution in [0.5, 0.6) is 5.75 Å². The van der Waals surface area contributed by atoms with Crippen LogP contribution in [0, 0.1) is 5.82 Å². The van der Waals surface area contributed by atoms with Crippen molar-refractivity contribution in [3.63, 3.8) is 0 Å². The van der Waals surface area contributed by atoms with Crippen LogP contribution in [0.2, 0.25) is 0 Å². The van der Waals surface area contributed by atoms with Crippen molar-refractivity contribution in [3.8, 4) is 5.75 Å². The van der Waals surface area contributed by atoms with Gasteiger partial charge in [-0.2, -0.15) is 0 Å². The predicted molar refractivity (Wildman–Crippen MR) is 102 cm³/mol. The number of methoxy groups -OCH3 is 1. The molecular weight excluding hydrogens is 347 g/mol. The van der Waals surface area contributed by atoms with Gasteiger partial charge in [-0.1, -0.05) is 24.3 Å². The minimum Gasteiger partial charge on any atom is -0.494 e. The zero-order valence-electron chi connectivity index (χ0n) is 15.8. The number of carbonyl (C=O) groups is 1. The van der Waals surface area contributed by atoms with Gasteiger partial charge in [0.1, 0.15) is 11.3 Å². The summed E-state index contributed by atoms with van der Waals surface area (Å²) in [5.41, 5.74) is 1.45. The fourth-order valence-electron chi connectivity index (χ4n) is 2.90. The number of ether oxygens (including phenoxy) is 1. The molecule has 0 bridgehead atoms. The Labute approximate surface area is 157 Å². The van der Waals surface area contributed by atoms with Gasteiger partial charge in [-0.25, -0.2) is 9.18 Å². The average molecular weight is 370 g/mol. The Morgan fingerprint density at radius 3 is 2.59 bits per heavy atom. The number of nitrogens with one attached hydrogen (secondary N) is 1. The molecule has 0 aliphatic carbocycles. The number of para-hydroxylation sites is 1. The second kappa shape index (κ2) is 7.70. The summed E-state index contributed by atoms with van der Waals surface area (Å²) in [6.07, 6.45) is 0. The van der Waals surface area contributed by atoms with Gasteiger partial charge >= 0.3 is 6.03 Å². The minimum atomic E-state index is -0.458. The molecule has 0 fully saturated rings. The molecule has 3 rings (SSSR count). The van der Waals surface area contributed by atoms with Crippen molar-refractivity contribution < 1.29 is 18.3 Å². The molecule has 2 aromatic carbocycles. The number of amides is 2. The monoisotopic (exact) mass is 370 g/mol. The first-order valence-corrected chi connectivity index (χ1v) is 8.76. The molecule has 0 radical (unpaired) electrons. The molecule has 6 heteroatoms. The second-order valence-electron chi connectivity index (χ2n) is 6.54. The van der Waals surface area contributed by atoms with E-state index in [1.807, 2.05) is 37.3 Å². The van der Waals surface area contributed by atoms with Crippen LogP contribution in [-0.4, -0.2) is 25.1 Å². The maximum Gasteiger partial charge on any atom is 0.318 e. The Kier molecular flexibility index (Phi) is 5.35. The maximum atomic E-state index is 13.9. The quantitative estimate of drug-likeness (QED) is 0.684. The summed E-state index contributed by atoms with van der Waals surface area (Å²) in [6.45, 7) is 3.70. The van der Waals surface area contributed by atoms with Gasteiger partial charge in [-0.15, -0.1) is 0 Å². The normalized spacial score (nSPS) is 13.2. The Bertz CT molecular complexity index is 921. The van der Waals surface area contributed by atoms with Gasteiger partial charge in [0, 0.05) is 12.4 Å². The minimum absolute atomic E-state index is 0.174. The van der Waals surface area contributed by atoms with Gasteiger partial charge in [0.25, 0.3) is 0 Å². The molecule has 3 aromatic rings. The van der Waals surface area contributed by atoms with E-state index in [1.54, 1.807) is 31.0 Å². The zero-order chi connectivity index (χ0) is 19.6. The SMILES string of the molecule is COc1ccc(C(C)NC(=O)N(C)C(C)c2cc3ccccc3o2)cc1F. The van der Waals surface area contributed by atoms with Gasteiger partial charge in [-0.05, 0) is 43.7 Å². The average Bonchev–Trinajstić information content (AvgIpc) is 3.10. The number of nitrogens with zero attached hydrogens (tertiary/aromatic N) is 1. The molecule has 1 N–H and O–H groups in total. The van der Waals surface area contributed by atoms with E-state index < -0.39 is 5.82 Å². The Balaban J connectivity index is 1.69. The highest BCUT2D eigenvalue weighted by molar-refractivity contribution is 5.78. The van der Waals surface area contributed by atoms with Gasteiger partial charge < -0.3 is 19.4 Å². The van der Waals surface area contributed by atoms with Crippen LogP contribution in [0.4, 0.5) is 9.18 Å². The van der Waals surface area contributed by atoms with E-state index in [0.717, 1.165) is 11.0 Å². The molecule has 142 valence electrons. The summed E-state index contributed by atoms with van der Waals surface area (Å²) in [5.74, 6) is 0.421. The van der Waals surface area contributed by atoms with Gasteiger partial charge in [-0.3, -0.25) is 0 Å². The number of hydrogen-bond acceptors (Lipinski definition) is 3. The van der Waals surface area contributed by atoms with Gasteiger partial charge in [0.2, 0.25) is 0 Å². The van der Waals surface area contributed by atoms with Crippen LogP contribution in [0.3, 0.4) is 0 Å². The molecule has 0 saturated heterocycles. The third-order valence-corrected chi connectivity index (χ3v) is 4.77. The molecule has 2 amide bonds. The summed E-state index contributed by atoms with van der Waals surface area (Å²) >= 11 is 0. The third kappa shape index (κ3) is 3.89. The smallest absolute Gasteiger partial charge is 0.318 e. The number of benzene rings is 2. The molecule has 0 aliphatic heterocycles. The summed E-state index contributed by atoms with van der Waals surface area (Å²) in [5, 5.41) is 3.88. The first kappa shape index (κ1) is 18.8. The van der Waals surface area contributed by atoms with Crippen LogP contribution in [0.1, 0.15) is 37.3 Å². The summed E-state index contributed by atoms with van der Waals surface area (Å²) in [4.78, 5) is 14.2. The number of hydrogen-bond donors (Lipinski definition) is 1. The number of carbonyl (C=O) groups excluding carboxylic acids is 1. The molecule has 0 aliphatic rings. The van der Waals surface area contributed by atoms with Crippen molar-refractivity contribution in [1.29, 1.82) is 0 Å². The van der Waals surface area contributed by atoms with Crippen molar-refractivity contribution in [2.75, 3.05) is 14.2 Å². The van der Waals surface area contributed by atoms with E-state index in [9.17, 15) is 9.18 Å². The maximum absolute atomic E-state index is 13.9. The topological polar surface area (TPSA) is 54.7 Å². The number of rotatable bonds is 5. The number of urea groups is 1. The number of furan rings is 1. The van der Waals surface area contributed by atoms with E-state index in [-0.39, 0.29) is 23.9 Å². The van der Waals surface area contributed by atoms with E-state index >= 15 is 0 Å². The molecule has 1 aromatic heterocycles. The predicted octanol–water partition coefficient (Wildman–Crippen LogP) is 5.04. The number of fused-ring (bicyclic) bond motifs is 1. The van der Waals surface area contributed by atoms with Crippen molar-refractivity contribution in [1.82, 2.24) is 10.2 Å². The Morgan fingerprint density at radius 2 is 1.93 bits per heavy atom. The highest BCUT2D eigenvalue weighted by Gasteiger charge is 2.22. The Morgan fingerprint density at radius 1 is 1.19 bits per heavy atom. The lowest BCUT2D eigenvalue weighted by Crippen LogP contribution is -2.39. The lowest BCUT2D eigenvalue weighted by molar-refractivity contribution is 0.185. The van der Waals surface area contributed by atoms with E-state index in [2.05, 4.69) is 5.32 Å². The molecule has 2 atom stereocenters. The summed E-state index contributed by atoms with van der Waals surface area (Å²) < 4.78 is 24.7. The summed E-state index contributed by atoms with van der Waals surface area (Å²) in [7, 11) is 3.12. The van der Waals surface area contributed by atoms with Crippen molar-refractivity contribution in [2.24, 2.45) is 0 Å². The van der Waals surface area contributed by atoms with Gasteiger partial charge in [0.15, 0.2) is 11.6 Å². The fourth-order valence-corrected chi connectivity index (χ4v) is 2.90. The van der Waals surface area contributed by atoms with Crippen LogP contribution in [-0.2, 0) is 0 Å². The first-order valence-electron chi connectivity index (χ1n) is 8.76. The van der Waals surface area contributed by atoms with Crippen LogP contribution >= 0.6 is 0 Å². The van der Waals surface area contributed by atoms with E-state index in [0.29, 0.717) is 11.3 Å². The summed E-state index contributed by atoms with van der Waals surface area (Å²) in [6, 6.07) is 13.4. The first-order chi connectivity index (χ1) is 12.9. The Hall–Kier alpha value is -3.02. The van der Waals surface area contributed by atoms with Crippen molar-refractivity contribution in [2.45, 2.75) is 25.9 Å². The van der Waals surface area contributed by atoms with Crippen molar-refractivity contribution in [3.05, 3.63) is 65.7 Å². The highest BCUT2D eigenvalue weighted by Crippen LogP contribution is 2.27. The number of halogens is 1.